The van der Waals surface area contributed by atoms with Crippen molar-refractivity contribution in [2.75, 3.05) is 5.32 Å². The van der Waals surface area contributed by atoms with Gasteiger partial charge in [-0.2, -0.15) is 0 Å². The SMILES string of the molecule is CCC[C@H](N)C(=O)Nc1ccc(Cl)c(F)c1. The molecule has 1 atom stereocenters. The fraction of sp³-hybridized carbons (Fsp3) is 0.364. The normalized spacial score (nSPS) is 12.2. The molecule has 0 spiro atoms. The van der Waals surface area contributed by atoms with Crippen LogP contribution in [0.2, 0.25) is 5.02 Å². The third kappa shape index (κ3) is 3.47. The Labute approximate surface area is 98.8 Å². The molecule has 1 rings (SSSR count). The number of carbonyl (C=O) groups excluding carboxylic acids is 1. The maximum atomic E-state index is 13.1. The van der Waals surface area contributed by atoms with E-state index in [9.17, 15) is 9.18 Å². The van der Waals surface area contributed by atoms with Gasteiger partial charge in [-0.05, 0) is 24.6 Å². The Hall–Kier alpha value is -1.13. The molecule has 0 aliphatic heterocycles. The van der Waals surface area contributed by atoms with Gasteiger partial charge in [0, 0.05) is 5.69 Å². The second-order valence-corrected chi connectivity index (χ2v) is 3.92. The van der Waals surface area contributed by atoms with Gasteiger partial charge in [0.25, 0.3) is 0 Å². The zero-order valence-electron chi connectivity index (χ0n) is 8.97. The number of anilines is 1. The van der Waals surface area contributed by atoms with Crippen LogP contribution in [-0.2, 0) is 4.79 Å². The first-order chi connectivity index (χ1) is 7.54. The van der Waals surface area contributed by atoms with Crippen molar-refractivity contribution >= 4 is 23.2 Å². The van der Waals surface area contributed by atoms with E-state index >= 15 is 0 Å². The Kier molecular flexibility index (Phi) is 4.71. The third-order valence-electron chi connectivity index (χ3n) is 2.12. The fourth-order valence-corrected chi connectivity index (χ4v) is 1.37. The maximum absolute atomic E-state index is 13.1. The quantitative estimate of drug-likeness (QED) is 0.855. The summed E-state index contributed by atoms with van der Waals surface area (Å²) in [6.45, 7) is 1.94. The minimum absolute atomic E-state index is 0.0239. The molecule has 3 N–H and O–H groups in total. The van der Waals surface area contributed by atoms with Crippen molar-refractivity contribution in [3.8, 4) is 0 Å². The number of halogens is 2. The lowest BCUT2D eigenvalue weighted by Gasteiger charge is -2.11. The zero-order valence-corrected chi connectivity index (χ0v) is 9.72. The minimum Gasteiger partial charge on any atom is -0.325 e. The van der Waals surface area contributed by atoms with Gasteiger partial charge >= 0.3 is 0 Å². The highest BCUT2D eigenvalue weighted by molar-refractivity contribution is 6.30. The first-order valence-electron chi connectivity index (χ1n) is 5.06. The number of nitrogens with one attached hydrogen (secondary N) is 1. The van der Waals surface area contributed by atoms with E-state index in [2.05, 4.69) is 5.32 Å². The highest BCUT2D eigenvalue weighted by Crippen LogP contribution is 2.18. The predicted molar refractivity (Wildman–Crippen MR) is 62.9 cm³/mol. The van der Waals surface area contributed by atoms with Gasteiger partial charge < -0.3 is 11.1 Å². The Balaban J connectivity index is 2.66. The van der Waals surface area contributed by atoms with Crippen molar-refractivity contribution in [3.63, 3.8) is 0 Å². The second kappa shape index (κ2) is 5.82. The highest BCUT2D eigenvalue weighted by atomic mass is 35.5. The van der Waals surface area contributed by atoms with Crippen LogP contribution in [0.1, 0.15) is 19.8 Å². The van der Waals surface area contributed by atoms with Crippen LogP contribution in [0.25, 0.3) is 0 Å². The molecule has 88 valence electrons. The van der Waals surface area contributed by atoms with Crippen LogP contribution >= 0.6 is 11.6 Å². The summed E-state index contributed by atoms with van der Waals surface area (Å²) >= 11 is 5.52. The highest BCUT2D eigenvalue weighted by Gasteiger charge is 2.12. The molecule has 0 radical (unpaired) electrons. The molecule has 0 heterocycles. The van der Waals surface area contributed by atoms with Crippen LogP contribution in [0.3, 0.4) is 0 Å². The molecular weight excluding hydrogens is 231 g/mol. The van der Waals surface area contributed by atoms with Crippen LogP contribution in [-0.4, -0.2) is 11.9 Å². The largest absolute Gasteiger partial charge is 0.325 e. The molecule has 0 fully saturated rings. The van der Waals surface area contributed by atoms with Gasteiger partial charge in [-0.25, -0.2) is 4.39 Å². The lowest BCUT2D eigenvalue weighted by Crippen LogP contribution is -2.35. The number of hydrogen-bond acceptors (Lipinski definition) is 2. The van der Waals surface area contributed by atoms with E-state index in [0.717, 1.165) is 6.42 Å². The third-order valence-corrected chi connectivity index (χ3v) is 2.43. The molecule has 0 saturated carbocycles. The van der Waals surface area contributed by atoms with Gasteiger partial charge in [-0.3, -0.25) is 4.79 Å². The standard InChI is InChI=1S/C11H14ClFN2O/c1-2-3-10(14)11(16)15-7-4-5-8(12)9(13)6-7/h4-6,10H,2-3,14H2,1H3,(H,15,16)/t10-/m0/s1. The van der Waals surface area contributed by atoms with E-state index in [0.29, 0.717) is 12.1 Å². The van der Waals surface area contributed by atoms with Gasteiger partial charge in [0.1, 0.15) is 5.82 Å². The molecule has 3 nitrogen and oxygen atoms in total. The molecule has 0 unspecified atom stereocenters. The zero-order chi connectivity index (χ0) is 12.1. The van der Waals surface area contributed by atoms with Crippen molar-refractivity contribution in [1.82, 2.24) is 0 Å². The van der Waals surface area contributed by atoms with Crippen molar-refractivity contribution in [3.05, 3.63) is 29.0 Å². The van der Waals surface area contributed by atoms with E-state index in [1.807, 2.05) is 6.92 Å². The average molecular weight is 245 g/mol. The first kappa shape index (κ1) is 12.9. The summed E-state index contributed by atoms with van der Waals surface area (Å²) in [4.78, 5) is 11.5. The molecule has 0 bridgehead atoms. The number of carbonyl (C=O) groups is 1. The van der Waals surface area contributed by atoms with Crippen LogP contribution in [0.15, 0.2) is 18.2 Å². The van der Waals surface area contributed by atoms with Gasteiger partial charge in [0.2, 0.25) is 5.91 Å². The number of benzene rings is 1. The average Bonchev–Trinajstić information content (AvgIpc) is 2.24. The van der Waals surface area contributed by atoms with E-state index in [1.165, 1.54) is 18.2 Å². The smallest absolute Gasteiger partial charge is 0.241 e. The van der Waals surface area contributed by atoms with Crippen LogP contribution in [0.5, 0.6) is 0 Å². The number of amides is 1. The predicted octanol–water partition coefficient (Wildman–Crippen LogP) is 2.55. The van der Waals surface area contributed by atoms with E-state index in [-0.39, 0.29) is 10.9 Å². The summed E-state index contributed by atoms with van der Waals surface area (Å²) in [6.07, 6.45) is 1.42. The van der Waals surface area contributed by atoms with E-state index < -0.39 is 11.9 Å². The summed E-state index contributed by atoms with van der Waals surface area (Å²) in [7, 11) is 0. The van der Waals surface area contributed by atoms with Gasteiger partial charge in [0.15, 0.2) is 0 Å². The van der Waals surface area contributed by atoms with Crippen LogP contribution in [0.4, 0.5) is 10.1 Å². The lowest BCUT2D eigenvalue weighted by atomic mass is 10.1. The number of rotatable bonds is 4. The molecule has 0 saturated heterocycles. The first-order valence-corrected chi connectivity index (χ1v) is 5.44. The van der Waals surface area contributed by atoms with Crippen molar-refractivity contribution in [2.45, 2.75) is 25.8 Å². The Bertz CT molecular complexity index is 384. The lowest BCUT2D eigenvalue weighted by molar-refractivity contribution is -0.117. The molecular formula is C11H14ClFN2O. The molecule has 16 heavy (non-hydrogen) atoms. The molecule has 1 aromatic rings. The monoisotopic (exact) mass is 244 g/mol. The summed E-state index contributed by atoms with van der Waals surface area (Å²) in [5.74, 6) is -0.882. The summed E-state index contributed by atoms with van der Waals surface area (Å²) in [5, 5.41) is 2.56. The van der Waals surface area contributed by atoms with Crippen molar-refractivity contribution in [2.24, 2.45) is 5.73 Å². The molecule has 0 aromatic heterocycles. The van der Waals surface area contributed by atoms with Crippen LogP contribution < -0.4 is 11.1 Å². The topological polar surface area (TPSA) is 55.1 Å². The minimum atomic E-state index is -0.566. The molecule has 5 heteroatoms. The molecule has 1 amide bonds. The Morgan fingerprint density at radius 3 is 2.88 bits per heavy atom. The summed E-state index contributed by atoms with van der Waals surface area (Å²) in [5.41, 5.74) is 5.97. The number of hydrogen-bond donors (Lipinski definition) is 2. The fourth-order valence-electron chi connectivity index (χ4n) is 1.25. The second-order valence-electron chi connectivity index (χ2n) is 3.51. The van der Waals surface area contributed by atoms with Gasteiger partial charge in [-0.1, -0.05) is 24.9 Å². The molecule has 1 aromatic carbocycles. The van der Waals surface area contributed by atoms with E-state index in [4.69, 9.17) is 17.3 Å². The maximum Gasteiger partial charge on any atom is 0.241 e. The summed E-state index contributed by atoms with van der Waals surface area (Å²) < 4.78 is 13.1. The molecule has 0 aliphatic carbocycles. The molecule has 0 aliphatic rings. The van der Waals surface area contributed by atoms with E-state index in [1.54, 1.807) is 0 Å². The van der Waals surface area contributed by atoms with Crippen molar-refractivity contribution in [1.29, 1.82) is 0 Å². The van der Waals surface area contributed by atoms with Gasteiger partial charge in [0.05, 0.1) is 11.1 Å². The van der Waals surface area contributed by atoms with Crippen molar-refractivity contribution < 1.29 is 9.18 Å². The van der Waals surface area contributed by atoms with Crippen LogP contribution in [0, 0.1) is 5.82 Å². The Morgan fingerprint density at radius 1 is 1.62 bits per heavy atom. The van der Waals surface area contributed by atoms with Gasteiger partial charge in [-0.15, -0.1) is 0 Å². The summed E-state index contributed by atoms with van der Waals surface area (Å²) in [6, 6.07) is 3.52. The Morgan fingerprint density at radius 2 is 2.31 bits per heavy atom. The number of nitrogens with two attached hydrogens (primary N) is 1.